The Hall–Kier alpha value is -1.21. The first-order valence-corrected chi connectivity index (χ1v) is 9.80. The number of rotatable bonds is 3. The summed E-state index contributed by atoms with van der Waals surface area (Å²) in [4.78, 5) is 39.2. The van der Waals surface area contributed by atoms with Crippen molar-refractivity contribution in [3.05, 3.63) is 30.3 Å². The zero-order valence-electron chi connectivity index (χ0n) is 12.7. The van der Waals surface area contributed by atoms with Crippen LogP contribution in [0.25, 0.3) is 0 Å². The van der Waals surface area contributed by atoms with Crippen LogP contribution in [0.5, 0.6) is 0 Å². The number of para-hydroxylation sites is 1. The van der Waals surface area contributed by atoms with Crippen LogP contribution in [-0.2, 0) is 14.4 Å². The van der Waals surface area contributed by atoms with E-state index < -0.39 is 0 Å². The summed E-state index contributed by atoms with van der Waals surface area (Å²) in [6.07, 6.45) is 0.892. The quantitative estimate of drug-likeness (QED) is 0.562. The van der Waals surface area contributed by atoms with Crippen LogP contribution in [0, 0.1) is 23.7 Å². The molecule has 0 aromatic heterocycles. The van der Waals surface area contributed by atoms with Gasteiger partial charge in [-0.1, -0.05) is 50.1 Å². The van der Waals surface area contributed by atoms with Gasteiger partial charge in [-0.3, -0.25) is 19.3 Å². The molecule has 4 rings (SSSR count). The number of fused-ring (bicyclic) bond motifs is 5. The first kappa shape index (κ1) is 16.3. The maximum absolute atomic E-state index is 12.7. The molecule has 6 atom stereocenters. The number of anilines is 1. The van der Waals surface area contributed by atoms with Gasteiger partial charge in [0.2, 0.25) is 17.7 Å². The summed E-state index contributed by atoms with van der Waals surface area (Å²) in [6.45, 7) is -0.209. The second kappa shape index (κ2) is 5.95. The van der Waals surface area contributed by atoms with E-state index in [1.807, 2.05) is 18.2 Å². The van der Waals surface area contributed by atoms with Crippen molar-refractivity contribution in [2.75, 3.05) is 11.9 Å². The molecule has 2 saturated carbocycles. The summed E-state index contributed by atoms with van der Waals surface area (Å²) >= 11 is 7.30. The molecule has 2 bridgehead atoms. The number of imide groups is 1. The summed E-state index contributed by atoms with van der Waals surface area (Å²) in [5.41, 5.74) is 0.655. The minimum absolute atomic E-state index is 0.169. The minimum atomic E-state index is -0.346. The standard InChI is InChI=1S/C17H16Br2N2O3/c18-14-9-6-10(15(14)19)13-12(9)16(23)21(17(13)24)7-11(22)20-8-4-2-1-3-5-8/h1-5,9-10,12-15H,6-7H2,(H,20,22)/t9-,10-,12-,13+,14-,15+/m1/s1. The van der Waals surface area contributed by atoms with Crippen LogP contribution in [0.3, 0.4) is 0 Å². The molecule has 1 aromatic carbocycles. The number of alkyl halides is 2. The van der Waals surface area contributed by atoms with Crippen molar-refractivity contribution < 1.29 is 14.4 Å². The van der Waals surface area contributed by atoms with Crippen LogP contribution in [0.4, 0.5) is 5.69 Å². The molecule has 0 spiro atoms. The zero-order valence-corrected chi connectivity index (χ0v) is 15.9. The summed E-state index contributed by atoms with van der Waals surface area (Å²) in [5, 5.41) is 2.73. The SMILES string of the molecule is O=C(CN1C(=O)[C@@H]2[C@H]3C[C@@H]([C@H](Br)[C@@H]3Br)[C@@H]2C1=O)Nc1ccccc1. The van der Waals surface area contributed by atoms with Crippen LogP contribution >= 0.6 is 31.9 Å². The Morgan fingerprint density at radius 3 is 2.12 bits per heavy atom. The minimum Gasteiger partial charge on any atom is -0.325 e. The van der Waals surface area contributed by atoms with Crippen LogP contribution in [0.15, 0.2) is 30.3 Å². The molecule has 0 radical (unpaired) electrons. The lowest BCUT2D eigenvalue weighted by molar-refractivity contribution is -0.143. The molecule has 126 valence electrons. The van der Waals surface area contributed by atoms with Gasteiger partial charge in [0.05, 0.1) is 11.8 Å². The van der Waals surface area contributed by atoms with E-state index in [2.05, 4.69) is 37.2 Å². The van der Waals surface area contributed by atoms with E-state index in [1.54, 1.807) is 12.1 Å². The lowest BCUT2D eigenvalue weighted by atomic mass is 9.81. The maximum Gasteiger partial charge on any atom is 0.244 e. The van der Waals surface area contributed by atoms with Crippen molar-refractivity contribution in [3.8, 4) is 0 Å². The highest BCUT2D eigenvalue weighted by atomic mass is 79.9. The fourth-order valence-corrected chi connectivity index (χ4v) is 6.31. The fourth-order valence-electron chi connectivity index (χ4n) is 4.43. The highest BCUT2D eigenvalue weighted by Crippen LogP contribution is 2.60. The predicted octanol–water partition coefficient (Wildman–Crippen LogP) is 2.40. The van der Waals surface area contributed by atoms with E-state index in [4.69, 9.17) is 0 Å². The summed E-state index contributed by atoms with van der Waals surface area (Å²) < 4.78 is 0. The van der Waals surface area contributed by atoms with Crippen molar-refractivity contribution in [2.45, 2.75) is 16.1 Å². The van der Waals surface area contributed by atoms with Crippen molar-refractivity contribution in [2.24, 2.45) is 23.7 Å². The Kier molecular flexibility index (Phi) is 4.03. The highest BCUT2D eigenvalue weighted by Gasteiger charge is 2.66. The van der Waals surface area contributed by atoms with Gasteiger partial charge < -0.3 is 5.32 Å². The Labute approximate surface area is 156 Å². The monoisotopic (exact) mass is 454 g/mol. The topological polar surface area (TPSA) is 66.5 Å². The van der Waals surface area contributed by atoms with E-state index in [0.29, 0.717) is 5.69 Å². The molecule has 24 heavy (non-hydrogen) atoms. The van der Waals surface area contributed by atoms with E-state index in [0.717, 1.165) is 11.3 Å². The molecule has 3 amide bonds. The Bertz CT molecular complexity index is 679. The number of benzene rings is 1. The molecule has 7 heteroatoms. The normalized spacial score (nSPS) is 37.0. The van der Waals surface area contributed by atoms with Crippen molar-refractivity contribution in [1.29, 1.82) is 0 Å². The molecule has 1 heterocycles. The van der Waals surface area contributed by atoms with E-state index >= 15 is 0 Å². The molecule has 3 fully saturated rings. The first-order chi connectivity index (χ1) is 11.5. The number of likely N-dealkylation sites (tertiary alicyclic amines) is 1. The second-order valence-corrected chi connectivity index (χ2v) is 8.80. The third kappa shape index (κ3) is 2.36. The number of carbonyl (C=O) groups excluding carboxylic acids is 3. The number of hydrogen-bond acceptors (Lipinski definition) is 3. The second-order valence-electron chi connectivity index (χ2n) is 6.68. The fraction of sp³-hybridized carbons (Fsp3) is 0.471. The van der Waals surface area contributed by atoms with Crippen LogP contribution < -0.4 is 5.32 Å². The average molecular weight is 456 g/mol. The molecule has 1 aliphatic heterocycles. The highest BCUT2D eigenvalue weighted by molar-refractivity contribution is 9.12. The van der Waals surface area contributed by atoms with Crippen LogP contribution in [-0.4, -0.2) is 38.8 Å². The smallest absolute Gasteiger partial charge is 0.244 e. The summed E-state index contributed by atoms with van der Waals surface area (Å²) in [5.74, 6) is -0.934. The molecule has 1 aromatic rings. The van der Waals surface area contributed by atoms with Crippen LogP contribution in [0.1, 0.15) is 6.42 Å². The Morgan fingerprint density at radius 2 is 1.58 bits per heavy atom. The number of carbonyl (C=O) groups is 3. The number of nitrogens with zero attached hydrogens (tertiary/aromatic N) is 1. The number of amides is 3. The van der Waals surface area contributed by atoms with E-state index in [9.17, 15) is 14.4 Å². The molecule has 2 aliphatic carbocycles. The van der Waals surface area contributed by atoms with Crippen molar-refractivity contribution in [3.63, 3.8) is 0 Å². The van der Waals surface area contributed by atoms with Gasteiger partial charge in [-0.15, -0.1) is 0 Å². The van der Waals surface area contributed by atoms with E-state index in [-0.39, 0.29) is 57.6 Å². The molecule has 0 unspecified atom stereocenters. The predicted molar refractivity (Wildman–Crippen MR) is 95.8 cm³/mol. The van der Waals surface area contributed by atoms with Gasteiger partial charge >= 0.3 is 0 Å². The third-order valence-electron chi connectivity index (χ3n) is 5.44. The lowest BCUT2D eigenvalue weighted by Crippen LogP contribution is -2.39. The Morgan fingerprint density at radius 1 is 1.04 bits per heavy atom. The molecule has 1 N–H and O–H groups in total. The maximum atomic E-state index is 12.7. The molecule has 1 saturated heterocycles. The number of hydrogen-bond donors (Lipinski definition) is 1. The van der Waals surface area contributed by atoms with Gasteiger partial charge in [0, 0.05) is 15.3 Å². The average Bonchev–Trinajstić information content (AvgIpc) is 3.16. The van der Waals surface area contributed by atoms with Crippen LogP contribution in [0.2, 0.25) is 0 Å². The third-order valence-corrected chi connectivity index (χ3v) is 8.64. The summed E-state index contributed by atoms with van der Waals surface area (Å²) in [7, 11) is 0. The van der Waals surface area contributed by atoms with Gasteiger partial charge in [-0.05, 0) is 30.4 Å². The van der Waals surface area contributed by atoms with Gasteiger partial charge in [0.1, 0.15) is 6.54 Å². The molecular formula is C17H16Br2N2O3. The van der Waals surface area contributed by atoms with Crippen molar-refractivity contribution in [1.82, 2.24) is 4.90 Å². The van der Waals surface area contributed by atoms with Crippen molar-refractivity contribution >= 4 is 55.3 Å². The van der Waals surface area contributed by atoms with E-state index in [1.165, 1.54) is 0 Å². The number of nitrogens with one attached hydrogen (secondary N) is 1. The lowest BCUT2D eigenvalue weighted by Gasteiger charge is -2.28. The zero-order chi connectivity index (χ0) is 17.0. The van der Waals surface area contributed by atoms with Gasteiger partial charge in [-0.2, -0.15) is 0 Å². The Balaban J connectivity index is 1.49. The van der Waals surface area contributed by atoms with Gasteiger partial charge in [-0.25, -0.2) is 0 Å². The first-order valence-electron chi connectivity index (χ1n) is 7.97. The van der Waals surface area contributed by atoms with Gasteiger partial charge in [0.15, 0.2) is 0 Å². The largest absolute Gasteiger partial charge is 0.325 e. The summed E-state index contributed by atoms with van der Waals surface area (Å²) in [6, 6.07) is 9.02. The van der Waals surface area contributed by atoms with Gasteiger partial charge in [0.25, 0.3) is 0 Å². The number of halogens is 2. The molecule has 3 aliphatic rings. The molecular weight excluding hydrogens is 440 g/mol. The molecule has 5 nitrogen and oxygen atoms in total.